The molecule has 13 heteroatoms. The molecule has 0 aliphatic carbocycles. The molecule has 0 amide bonds. The first kappa shape index (κ1) is 26.5. The molecule has 0 aliphatic rings. The van der Waals surface area contributed by atoms with Crippen LogP contribution in [0.1, 0.15) is 12.5 Å². The lowest BCUT2D eigenvalue weighted by Crippen LogP contribution is -2.24. The molecule has 0 aliphatic heterocycles. The minimum atomic E-state index is -4.83. The number of nitrogens with zero attached hydrogens (tertiary/aromatic N) is 1. The second-order valence-electron chi connectivity index (χ2n) is 7.12. The molecular formula is C23H16ClF4NO7. The van der Waals surface area contributed by atoms with E-state index in [1.807, 2.05) is 0 Å². The molecule has 1 unspecified atom stereocenters. The zero-order valence-electron chi connectivity index (χ0n) is 18.5. The van der Waals surface area contributed by atoms with Gasteiger partial charge >= 0.3 is 17.8 Å². The maximum absolute atomic E-state index is 14.3. The summed E-state index contributed by atoms with van der Waals surface area (Å²) in [5.74, 6) is -3.00. The van der Waals surface area contributed by atoms with Gasteiger partial charge in [-0.05, 0) is 37.3 Å². The van der Waals surface area contributed by atoms with Crippen LogP contribution < -0.4 is 14.2 Å². The Hall–Kier alpha value is -4.06. The van der Waals surface area contributed by atoms with Crippen molar-refractivity contribution in [2.24, 2.45) is 0 Å². The maximum Gasteiger partial charge on any atom is 0.416 e. The van der Waals surface area contributed by atoms with Crippen molar-refractivity contribution < 1.29 is 46.2 Å². The normalized spacial score (nSPS) is 12.0. The van der Waals surface area contributed by atoms with E-state index in [9.17, 15) is 32.5 Å². The number of benzene rings is 3. The number of hydrogen-bond acceptors (Lipinski definition) is 7. The molecule has 190 valence electrons. The summed E-state index contributed by atoms with van der Waals surface area (Å²) in [7, 11) is 1.19. The van der Waals surface area contributed by atoms with Crippen LogP contribution in [0.25, 0.3) is 0 Å². The molecule has 0 radical (unpaired) electrons. The molecule has 0 fully saturated rings. The van der Waals surface area contributed by atoms with Crippen molar-refractivity contribution in [3.05, 3.63) is 81.1 Å². The summed E-state index contributed by atoms with van der Waals surface area (Å²) in [6.45, 7) is 1.45. The van der Waals surface area contributed by atoms with E-state index >= 15 is 0 Å². The third kappa shape index (κ3) is 6.33. The summed E-state index contributed by atoms with van der Waals surface area (Å²) in [5, 5.41) is 10.8. The second-order valence-corrected chi connectivity index (χ2v) is 7.52. The number of nitro benzene ring substituents is 1. The summed E-state index contributed by atoms with van der Waals surface area (Å²) in [4.78, 5) is 22.3. The predicted molar refractivity (Wildman–Crippen MR) is 118 cm³/mol. The molecule has 0 saturated heterocycles. The largest absolute Gasteiger partial charge is 0.479 e. The molecule has 0 heterocycles. The minimum absolute atomic E-state index is 0.0727. The van der Waals surface area contributed by atoms with Crippen LogP contribution in [0, 0.1) is 15.9 Å². The number of hydrogen-bond donors (Lipinski definition) is 0. The highest BCUT2D eigenvalue weighted by atomic mass is 35.5. The van der Waals surface area contributed by atoms with E-state index in [0.29, 0.717) is 6.07 Å². The van der Waals surface area contributed by atoms with Crippen molar-refractivity contribution in [1.29, 1.82) is 0 Å². The fraction of sp³-hybridized carbons (Fsp3) is 0.174. The van der Waals surface area contributed by atoms with Gasteiger partial charge < -0.3 is 18.9 Å². The lowest BCUT2D eigenvalue weighted by Gasteiger charge is -2.14. The van der Waals surface area contributed by atoms with Crippen LogP contribution in [-0.4, -0.2) is 24.1 Å². The molecule has 0 aromatic heterocycles. The van der Waals surface area contributed by atoms with Crippen LogP contribution in [0.4, 0.5) is 23.2 Å². The van der Waals surface area contributed by atoms with Gasteiger partial charge in [0.2, 0.25) is 5.75 Å². The van der Waals surface area contributed by atoms with Gasteiger partial charge in [-0.15, -0.1) is 0 Å². The van der Waals surface area contributed by atoms with E-state index in [2.05, 4.69) is 4.74 Å². The number of nitro groups is 1. The third-order valence-corrected chi connectivity index (χ3v) is 4.83. The molecule has 0 spiro atoms. The molecule has 0 bridgehead atoms. The molecule has 0 saturated carbocycles. The van der Waals surface area contributed by atoms with E-state index < -0.39 is 51.0 Å². The Morgan fingerprint density at radius 3 is 2.31 bits per heavy atom. The summed E-state index contributed by atoms with van der Waals surface area (Å²) < 4.78 is 73.8. The smallest absolute Gasteiger partial charge is 0.416 e. The van der Waals surface area contributed by atoms with Crippen LogP contribution >= 0.6 is 11.6 Å². The van der Waals surface area contributed by atoms with Gasteiger partial charge in [0.25, 0.3) is 0 Å². The number of carbonyl (C=O) groups is 1. The average Bonchev–Trinajstić information content (AvgIpc) is 2.80. The Morgan fingerprint density at radius 2 is 1.69 bits per heavy atom. The molecule has 3 aromatic carbocycles. The molecule has 8 nitrogen and oxygen atoms in total. The summed E-state index contributed by atoms with van der Waals surface area (Å²) in [5.41, 5.74) is -1.80. The van der Waals surface area contributed by atoms with Crippen LogP contribution in [0.3, 0.4) is 0 Å². The Morgan fingerprint density at radius 1 is 1.03 bits per heavy atom. The highest BCUT2D eigenvalue weighted by Crippen LogP contribution is 2.41. The number of halogens is 5. The maximum atomic E-state index is 14.3. The Labute approximate surface area is 206 Å². The van der Waals surface area contributed by atoms with Gasteiger partial charge in [0.1, 0.15) is 17.2 Å². The average molecular weight is 530 g/mol. The van der Waals surface area contributed by atoms with E-state index in [0.717, 1.165) is 18.2 Å². The van der Waals surface area contributed by atoms with Gasteiger partial charge in [0.05, 0.1) is 22.6 Å². The van der Waals surface area contributed by atoms with Crippen LogP contribution in [0.2, 0.25) is 5.02 Å². The van der Waals surface area contributed by atoms with E-state index in [-0.39, 0.29) is 29.1 Å². The number of methoxy groups -OCH3 is 1. The number of ether oxygens (including phenoxy) is 4. The summed E-state index contributed by atoms with van der Waals surface area (Å²) >= 11 is 5.78. The standard InChI is InChI=1S/C23H16ClF4NO7/c1-12(22(30)33-2)34-14-4-3-5-15(10-14)35-20-11-16(6-7-19(20)29(31)32)36-21-17(24)8-13(9-18(21)25)23(26,27)28/h3-12H,1-2H3. The first-order valence-electron chi connectivity index (χ1n) is 9.94. The fourth-order valence-electron chi connectivity index (χ4n) is 2.89. The highest BCUT2D eigenvalue weighted by molar-refractivity contribution is 6.32. The van der Waals surface area contributed by atoms with E-state index in [1.54, 1.807) is 0 Å². The minimum Gasteiger partial charge on any atom is -0.479 e. The first-order chi connectivity index (χ1) is 16.9. The first-order valence-corrected chi connectivity index (χ1v) is 10.3. The topological polar surface area (TPSA) is 97.1 Å². The predicted octanol–water partition coefficient (Wildman–Crippen LogP) is 6.93. The lowest BCUT2D eigenvalue weighted by atomic mass is 10.2. The second kappa shape index (κ2) is 10.7. The monoisotopic (exact) mass is 529 g/mol. The van der Waals surface area contributed by atoms with Gasteiger partial charge in [-0.3, -0.25) is 10.1 Å². The van der Waals surface area contributed by atoms with E-state index in [1.165, 1.54) is 38.3 Å². The van der Waals surface area contributed by atoms with Gasteiger partial charge in [0.15, 0.2) is 17.7 Å². The Balaban J connectivity index is 1.90. The number of carbonyl (C=O) groups excluding carboxylic acids is 1. The van der Waals surface area contributed by atoms with Crippen LogP contribution in [-0.2, 0) is 15.7 Å². The van der Waals surface area contributed by atoms with Gasteiger partial charge in [-0.25, -0.2) is 9.18 Å². The van der Waals surface area contributed by atoms with Crippen LogP contribution in [0.15, 0.2) is 54.6 Å². The Kier molecular flexibility index (Phi) is 7.88. The lowest BCUT2D eigenvalue weighted by molar-refractivity contribution is -0.385. The third-order valence-electron chi connectivity index (χ3n) is 4.55. The summed E-state index contributed by atoms with van der Waals surface area (Å²) in [6, 6.07) is 9.64. The molecule has 36 heavy (non-hydrogen) atoms. The molecule has 3 rings (SSSR count). The van der Waals surface area contributed by atoms with Crippen molar-refractivity contribution in [3.8, 4) is 28.7 Å². The van der Waals surface area contributed by atoms with Crippen molar-refractivity contribution in [3.63, 3.8) is 0 Å². The molecule has 0 N–H and O–H groups in total. The number of esters is 1. The SMILES string of the molecule is COC(=O)C(C)Oc1cccc(Oc2cc(Oc3c(F)cc(C(F)(F)F)cc3Cl)ccc2[N+](=O)[O-])c1. The van der Waals surface area contributed by atoms with Crippen LogP contribution in [0.5, 0.6) is 28.7 Å². The van der Waals surface area contributed by atoms with Crippen molar-refractivity contribution in [2.75, 3.05) is 7.11 Å². The van der Waals surface area contributed by atoms with Crippen molar-refractivity contribution >= 4 is 23.3 Å². The quantitative estimate of drug-likeness (QED) is 0.135. The highest BCUT2D eigenvalue weighted by Gasteiger charge is 2.33. The number of alkyl halides is 3. The fourth-order valence-corrected chi connectivity index (χ4v) is 3.13. The summed E-state index contributed by atoms with van der Waals surface area (Å²) in [6.07, 6.45) is -5.77. The van der Waals surface area contributed by atoms with Gasteiger partial charge in [-0.1, -0.05) is 17.7 Å². The molecule has 1 atom stereocenters. The van der Waals surface area contributed by atoms with Crippen molar-refractivity contribution in [2.45, 2.75) is 19.2 Å². The zero-order chi connectivity index (χ0) is 26.6. The molecular weight excluding hydrogens is 514 g/mol. The van der Waals surface area contributed by atoms with Crippen molar-refractivity contribution in [1.82, 2.24) is 0 Å². The molecule has 3 aromatic rings. The number of rotatable bonds is 8. The zero-order valence-corrected chi connectivity index (χ0v) is 19.2. The van der Waals surface area contributed by atoms with E-state index in [4.69, 9.17) is 25.8 Å². The van der Waals surface area contributed by atoms with Gasteiger partial charge in [0, 0.05) is 18.2 Å². The Bertz CT molecular complexity index is 1280. The van der Waals surface area contributed by atoms with Gasteiger partial charge in [-0.2, -0.15) is 13.2 Å².